The van der Waals surface area contributed by atoms with E-state index in [2.05, 4.69) is 15.8 Å². The summed E-state index contributed by atoms with van der Waals surface area (Å²) in [5, 5.41) is 17.9. The molecule has 0 aromatic heterocycles. The lowest BCUT2D eigenvalue weighted by molar-refractivity contribution is -0.384. The fourth-order valence-electron chi connectivity index (χ4n) is 3.74. The number of anilines is 2. The number of carbonyl (C=O) groups is 2. The standard InChI is InChI=1S/C29H25N5O6S/c1-21(22-12-14-24(15-13-22)30-29(36)23-8-4-2-5-9-23)31-32-28(35)20-33(25-16-18-26(19-17-25)34(37)38)41(39,40)27-10-6-3-7-11-27/h2-19H,20H2,1H3,(H,30,36)(H,32,35)/b31-21-. The van der Waals surface area contributed by atoms with Gasteiger partial charge in [0, 0.05) is 23.4 Å². The highest BCUT2D eigenvalue weighted by atomic mass is 32.2. The van der Waals surface area contributed by atoms with E-state index in [1.807, 2.05) is 6.07 Å². The van der Waals surface area contributed by atoms with E-state index < -0.39 is 27.4 Å². The number of nitro benzene ring substituents is 1. The van der Waals surface area contributed by atoms with Crippen LogP contribution in [0.3, 0.4) is 0 Å². The molecule has 11 nitrogen and oxygen atoms in total. The molecule has 0 heterocycles. The Kier molecular flexibility index (Phi) is 8.85. The van der Waals surface area contributed by atoms with Gasteiger partial charge in [-0.1, -0.05) is 48.5 Å². The first kappa shape index (κ1) is 28.6. The van der Waals surface area contributed by atoms with Crippen molar-refractivity contribution in [3.8, 4) is 0 Å². The first-order valence-corrected chi connectivity index (χ1v) is 13.7. The summed E-state index contributed by atoms with van der Waals surface area (Å²) in [4.78, 5) is 35.6. The maximum absolute atomic E-state index is 13.4. The van der Waals surface area contributed by atoms with E-state index >= 15 is 0 Å². The van der Waals surface area contributed by atoms with E-state index in [1.165, 1.54) is 24.3 Å². The van der Waals surface area contributed by atoms with Gasteiger partial charge in [0.25, 0.3) is 27.5 Å². The van der Waals surface area contributed by atoms with E-state index in [4.69, 9.17) is 0 Å². The molecule has 0 saturated carbocycles. The molecule has 0 aliphatic rings. The zero-order chi connectivity index (χ0) is 29.4. The van der Waals surface area contributed by atoms with Crippen LogP contribution in [0.4, 0.5) is 17.1 Å². The van der Waals surface area contributed by atoms with Gasteiger partial charge in [-0.25, -0.2) is 13.8 Å². The number of non-ortho nitro benzene ring substituents is 1. The van der Waals surface area contributed by atoms with Crippen molar-refractivity contribution in [3.05, 3.63) is 130 Å². The number of nitrogens with one attached hydrogen (secondary N) is 2. The van der Waals surface area contributed by atoms with Crippen LogP contribution in [0.2, 0.25) is 0 Å². The third-order valence-corrected chi connectivity index (χ3v) is 7.70. The third-order valence-electron chi connectivity index (χ3n) is 5.91. The summed E-state index contributed by atoms with van der Waals surface area (Å²) >= 11 is 0. The number of rotatable bonds is 10. The minimum atomic E-state index is -4.19. The monoisotopic (exact) mass is 571 g/mol. The molecule has 0 radical (unpaired) electrons. The summed E-state index contributed by atoms with van der Waals surface area (Å²) in [6.45, 7) is 1.03. The SMILES string of the molecule is C/C(=N/NC(=O)CN(c1ccc([N+](=O)[O-])cc1)S(=O)(=O)c1ccccc1)c1ccc(NC(=O)c2ccccc2)cc1. The summed E-state index contributed by atoms with van der Waals surface area (Å²) in [6, 6.07) is 28.0. The van der Waals surface area contributed by atoms with Crippen LogP contribution in [0.25, 0.3) is 0 Å². The van der Waals surface area contributed by atoms with E-state index in [-0.39, 0.29) is 22.2 Å². The number of carbonyl (C=O) groups excluding carboxylic acids is 2. The molecule has 208 valence electrons. The van der Waals surface area contributed by atoms with Crippen LogP contribution in [0, 0.1) is 10.1 Å². The smallest absolute Gasteiger partial charge is 0.269 e. The number of benzene rings is 4. The molecule has 4 aromatic rings. The Labute approximate surface area is 236 Å². The fourth-order valence-corrected chi connectivity index (χ4v) is 5.18. The number of nitrogens with zero attached hydrogens (tertiary/aromatic N) is 3. The molecule has 12 heteroatoms. The Hall–Kier alpha value is -5.36. The fraction of sp³-hybridized carbons (Fsp3) is 0.0690. The predicted octanol–water partition coefficient (Wildman–Crippen LogP) is 4.58. The summed E-state index contributed by atoms with van der Waals surface area (Å²) in [6.07, 6.45) is 0. The normalized spacial score (nSPS) is 11.4. The average molecular weight is 572 g/mol. The second-order valence-corrected chi connectivity index (χ2v) is 10.6. The largest absolute Gasteiger partial charge is 0.322 e. The molecule has 0 spiro atoms. The van der Waals surface area contributed by atoms with Gasteiger partial charge in [-0.2, -0.15) is 5.10 Å². The van der Waals surface area contributed by atoms with Gasteiger partial charge in [0.05, 0.1) is 21.2 Å². The van der Waals surface area contributed by atoms with Crippen molar-refractivity contribution in [1.82, 2.24) is 5.43 Å². The summed E-state index contributed by atoms with van der Waals surface area (Å²) in [7, 11) is -4.19. The number of sulfonamides is 1. The molecule has 4 rings (SSSR count). The molecule has 0 unspecified atom stereocenters. The van der Waals surface area contributed by atoms with E-state index in [0.29, 0.717) is 22.5 Å². The molecule has 0 saturated heterocycles. The van der Waals surface area contributed by atoms with Crippen molar-refractivity contribution >= 4 is 44.6 Å². The second-order valence-electron chi connectivity index (χ2n) is 8.73. The van der Waals surface area contributed by atoms with E-state index in [9.17, 15) is 28.1 Å². The number of hydrogen-bond donors (Lipinski definition) is 2. The molecule has 0 aliphatic carbocycles. The highest BCUT2D eigenvalue weighted by Gasteiger charge is 2.27. The number of amides is 2. The first-order valence-electron chi connectivity index (χ1n) is 12.3. The third kappa shape index (κ3) is 7.19. The summed E-state index contributed by atoms with van der Waals surface area (Å²) in [5.74, 6) is -0.979. The van der Waals surface area contributed by atoms with Gasteiger partial charge in [0.15, 0.2) is 0 Å². The molecule has 41 heavy (non-hydrogen) atoms. The zero-order valence-electron chi connectivity index (χ0n) is 21.8. The summed E-state index contributed by atoms with van der Waals surface area (Å²) < 4.78 is 27.6. The minimum Gasteiger partial charge on any atom is -0.322 e. The topological polar surface area (TPSA) is 151 Å². The molecule has 0 bridgehead atoms. The van der Waals surface area contributed by atoms with Crippen LogP contribution in [-0.2, 0) is 14.8 Å². The average Bonchev–Trinajstić information content (AvgIpc) is 3.00. The van der Waals surface area contributed by atoms with Crippen molar-refractivity contribution in [2.75, 3.05) is 16.2 Å². The Bertz CT molecular complexity index is 1680. The predicted molar refractivity (Wildman–Crippen MR) is 155 cm³/mol. The Morgan fingerprint density at radius 3 is 2.00 bits per heavy atom. The second kappa shape index (κ2) is 12.7. The van der Waals surface area contributed by atoms with Crippen LogP contribution < -0.4 is 15.0 Å². The van der Waals surface area contributed by atoms with Crippen molar-refractivity contribution in [3.63, 3.8) is 0 Å². The van der Waals surface area contributed by atoms with Gasteiger partial charge in [0.2, 0.25) is 0 Å². The van der Waals surface area contributed by atoms with Crippen LogP contribution in [0.15, 0.2) is 119 Å². The Morgan fingerprint density at radius 2 is 1.41 bits per heavy atom. The quantitative estimate of drug-likeness (QED) is 0.162. The number of nitro groups is 1. The van der Waals surface area contributed by atoms with Crippen molar-refractivity contribution in [2.45, 2.75) is 11.8 Å². The van der Waals surface area contributed by atoms with Crippen molar-refractivity contribution < 1.29 is 22.9 Å². The molecular weight excluding hydrogens is 546 g/mol. The van der Waals surface area contributed by atoms with Crippen LogP contribution in [0.1, 0.15) is 22.8 Å². The van der Waals surface area contributed by atoms with Gasteiger partial charge in [-0.3, -0.25) is 24.0 Å². The molecule has 0 aliphatic heterocycles. The van der Waals surface area contributed by atoms with Crippen molar-refractivity contribution in [1.29, 1.82) is 0 Å². The zero-order valence-corrected chi connectivity index (χ0v) is 22.6. The lowest BCUT2D eigenvalue weighted by Gasteiger charge is -2.23. The van der Waals surface area contributed by atoms with Crippen LogP contribution >= 0.6 is 0 Å². The summed E-state index contributed by atoms with van der Waals surface area (Å²) in [5.41, 5.74) is 4.41. The Balaban J connectivity index is 1.47. The van der Waals surface area contributed by atoms with Gasteiger partial charge >= 0.3 is 0 Å². The highest BCUT2D eigenvalue weighted by molar-refractivity contribution is 7.92. The van der Waals surface area contributed by atoms with Gasteiger partial charge in [-0.05, 0) is 61.0 Å². The minimum absolute atomic E-state index is 0.0507. The first-order chi connectivity index (χ1) is 19.6. The maximum Gasteiger partial charge on any atom is 0.269 e. The molecule has 0 atom stereocenters. The molecular formula is C29H25N5O6S. The lowest BCUT2D eigenvalue weighted by atomic mass is 10.1. The number of hydrazone groups is 1. The molecule has 4 aromatic carbocycles. The molecule has 2 N–H and O–H groups in total. The van der Waals surface area contributed by atoms with E-state index in [0.717, 1.165) is 16.4 Å². The molecule has 2 amide bonds. The van der Waals surface area contributed by atoms with Crippen LogP contribution in [0.5, 0.6) is 0 Å². The van der Waals surface area contributed by atoms with Gasteiger partial charge < -0.3 is 5.32 Å². The van der Waals surface area contributed by atoms with E-state index in [1.54, 1.807) is 73.7 Å². The highest BCUT2D eigenvalue weighted by Crippen LogP contribution is 2.25. The lowest BCUT2D eigenvalue weighted by Crippen LogP contribution is -2.39. The van der Waals surface area contributed by atoms with Gasteiger partial charge in [0.1, 0.15) is 6.54 Å². The van der Waals surface area contributed by atoms with Gasteiger partial charge in [-0.15, -0.1) is 0 Å². The molecule has 0 fully saturated rings. The van der Waals surface area contributed by atoms with Crippen molar-refractivity contribution in [2.24, 2.45) is 5.10 Å². The number of hydrogen-bond acceptors (Lipinski definition) is 7. The Morgan fingerprint density at radius 1 is 0.829 bits per heavy atom. The van der Waals surface area contributed by atoms with Crippen LogP contribution in [-0.4, -0.2) is 37.4 Å². The maximum atomic E-state index is 13.4.